The molecule has 130 valence electrons. The summed E-state index contributed by atoms with van der Waals surface area (Å²) in [6.45, 7) is 5.10. The van der Waals surface area contributed by atoms with E-state index in [1.165, 1.54) is 12.1 Å². The number of nitrogens with zero attached hydrogens (tertiary/aromatic N) is 4. The molecule has 1 aromatic heterocycles. The lowest BCUT2D eigenvalue weighted by Crippen LogP contribution is -2.17. The molecular weight excluding hydrogens is 320 g/mol. The Kier molecular flexibility index (Phi) is 6.23. The number of nitro groups is 1. The van der Waals surface area contributed by atoms with Gasteiger partial charge in [-0.15, -0.1) is 5.10 Å². The van der Waals surface area contributed by atoms with Crippen LogP contribution in [0.3, 0.4) is 0 Å². The lowest BCUT2D eigenvalue weighted by atomic mass is 10.0. The fourth-order valence-electron chi connectivity index (χ4n) is 2.51. The smallest absolute Gasteiger partial charge is 0.269 e. The first kappa shape index (κ1) is 18.1. The third-order valence-electron chi connectivity index (χ3n) is 3.78. The summed E-state index contributed by atoms with van der Waals surface area (Å²) in [5.41, 5.74) is 3.18. The number of benzene rings is 1. The van der Waals surface area contributed by atoms with Gasteiger partial charge in [-0.25, -0.2) is 0 Å². The number of non-ortho nitro benzene ring substituents is 1. The summed E-state index contributed by atoms with van der Waals surface area (Å²) in [7, 11) is 0. The lowest BCUT2D eigenvalue weighted by molar-refractivity contribution is -0.384. The zero-order valence-electron chi connectivity index (χ0n) is 14.2. The molecule has 2 rings (SSSR count). The number of hydrogen-bond donors (Lipinski definition) is 2. The van der Waals surface area contributed by atoms with Gasteiger partial charge in [-0.1, -0.05) is 13.8 Å². The van der Waals surface area contributed by atoms with Crippen molar-refractivity contribution in [3.05, 3.63) is 51.2 Å². The number of nitriles is 1. The average Bonchev–Trinajstić information content (AvgIpc) is 2.64. The van der Waals surface area contributed by atoms with Crippen LogP contribution in [0.5, 0.6) is 0 Å². The van der Waals surface area contributed by atoms with E-state index in [0.717, 1.165) is 29.8 Å². The molecule has 0 bridgehead atoms. The number of rotatable bonds is 8. The minimum absolute atomic E-state index is 0.0562. The molecule has 0 spiro atoms. The maximum Gasteiger partial charge on any atom is 0.269 e. The van der Waals surface area contributed by atoms with Gasteiger partial charge < -0.3 is 10.6 Å². The van der Waals surface area contributed by atoms with E-state index in [1.54, 1.807) is 12.1 Å². The molecule has 1 heterocycles. The van der Waals surface area contributed by atoms with E-state index in [-0.39, 0.29) is 5.69 Å². The topological polar surface area (TPSA) is 117 Å². The number of aryl methyl sites for hydroxylation is 1. The van der Waals surface area contributed by atoms with Crippen LogP contribution in [0.1, 0.15) is 30.7 Å². The molecular formula is C17H20N6O2. The van der Waals surface area contributed by atoms with Gasteiger partial charge >= 0.3 is 0 Å². The molecule has 0 aliphatic rings. The molecule has 25 heavy (non-hydrogen) atoms. The Balaban J connectivity index is 1.96. The summed E-state index contributed by atoms with van der Waals surface area (Å²) in [5, 5.41) is 34.6. The quantitative estimate of drug-likeness (QED) is 0.431. The Labute approximate surface area is 146 Å². The van der Waals surface area contributed by atoms with Crippen molar-refractivity contribution in [3.8, 4) is 6.07 Å². The number of hydrogen-bond acceptors (Lipinski definition) is 7. The molecule has 0 unspecified atom stereocenters. The van der Waals surface area contributed by atoms with Crippen LogP contribution in [-0.2, 0) is 12.8 Å². The van der Waals surface area contributed by atoms with Crippen molar-refractivity contribution in [3.63, 3.8) is 0 Å². The highest BCUT2D eigenvalue weighted by Gasteiger charge is 2.13. The summed E-state index contributed by atoms with van der Waals surface area (Å²) >= 11 is 0. The van der Waals surface area contributed by atoms with E-state index >= 15 is 0 Å². The highest BCUT2D eigenvalue weighted by molar-refractivity contribution is 5.56. The third kappa shape index (κ3) is 4.41. The lowest BCUT2D eigenvalue weighted by Gasteiger charge is -2.12. The second-order valence-electron chi connectivity index (χ2n) is 5.33. The van der Waals surface area contributed by atoms with Crippen LogP contribution in [-0.4, -0.2) is 28.2 Å². The highest BCUT2D eigenvalue weighted by atomic mass is 16.6. The maximum atomic E-state index is 10.6. The first-order chi connectivity index (χ1) is 12.1. The van der Waals surface area contributed by atoms with Crippen molar-refractivity contribution in [2.24, 2.45) is 0 Å². The van der Waals surface area contributed by atoms with Crippen molar-refractivity contribution >= 4 is 17.2 Å². The van der Waals surface area contributed by atoms with Crippen LogP contribution in [0, 0.1) is 21.4 Å². The number of aromatic nitrogens is 2. The fraction of sp³-hybridized carbons (Fsp3) is 0.353. The molecule has 0 radical (unpaired) electrons. The van der Waals surface area contributed by atoms with E-state index in [9.17, 15) is 15.4 Å². The Morgan fingerprint density at radius 3 is 2.36 bits per heavy atom. The Bertz CT molecular complexity index is 783. The van der Waals surface area contributed by atoms with E-state index in [0.29, 0.717) is 24.5 Å². The minimum atomic E-state index is -0.432. The standard InChI is InChI=1S/C17H20N6O2/c1-3-14-15(11-18)17(22-21-16(14)4-2)20-10-9-19-12-5-7-13(8-6-12)23(24)25/h5-8,19H,3-4,9-10H2,1-2H3,(H,20,22). The number of anilines is 2. The Morgan fingerprint density at radius 1 is 1.12 bits per heavy atom. The van der Waals surface area contributed by atoms with Crippen molar-refractivity contribution in [1.82, 2.24) is 10.2 Å². The number of nitrogens with one attached hydrogen (secondary N) is 2. The zero-order chi connectivity index (χ0) is 18.2. The summed E-state index contributed by atoms with van der Waals surface area (Å²) in [5.74, 6) is 0.488. The SMILES string of the molecule is CCc1nnc(NCCNc2ccc([N+](=O)[O-])cc2)c(C#N)c1CC. The average molecular weight is 340 g/mol. The molecule has 0 amide bonds. The molecule has 0 saturated carbocycles. The molecule has 0 aliphatic carbocycles. The van der Waals surface area contributed by atoms with Crippen LogP contribution in [0.15, 0.2) is 24.3 Å². The predicted octanol–water partition coefficient (Wildman–Crippen LogP) is 2.91. The molecule has 0 atom stereocenters. The van der Waals surface area contributed by atoms with Gasteiger partial charge in [0.05, 0.1) is 10.6 Å². The highest BCUT2D eigenvalue weighted by Crippen LogP contribution is 2.20. The molecule has 1 aromatic carbocycles. The summed E-state index contributed by atoms with van der Waals surface area (Å²) in [6.07, 6.45) is 1.48. The van der Waals surface area contributed by atoms with Gasteiger partial charge in [0.1, 0.15) is 11.6 Å². The van der Waals surface area contributed by atoms with Crippen molar-refractivity contribution in [1.29, 1.82) is 5.26 Å². The third-order valence-corrected chi connectivity index (χ3v) is 3.78. The Hall–Kier alpha value is -3.21. The fourth-order valence-corrected chi connectivity index (χ4v) is 2.51. The van der Waals surface area contributed by atoms with Crippen LogP contribution >= 0.6 is 0 Å². The summed E-state index contributed by atoms with van der Waals surface area (Å²) in [4.78, 5) is 10.2. The van der Waals surface area contributed by atoms with Crippen LogP contribution in [0.4, 0.5) is 17.2 Å². The van der Waals surface area contributed by atoms with Gasteiger partial charge in [-0.05, 0) is 30.5 Å². The van der Waals surface area contributed by atoms with Gasteiger partial charge in [0.15, 0.2) is 5.82 Å². The summed E-state index contributed by atoms with van der Waals surface area (Å²) in [6, 6.07) is 8.43. The van der Waals surface area contributed by atoms with Crippen molar-refractivity contribution in [2.45, 2.75) is 26.7 Å². The van der Waals surface area contributed by atoms with Gasteiger partial charge in [0, 0.05) is 30.9 Å². The molecule has 0 fully saturated rings. The summed E-state index contributed by atoms with van der Waals surface area (Å²) < 4.78 is 0. The van der Waals surface area contributed by atoms with Crippen molar-refractivity contribution in [2.75, 3.05) is 23.7 Å². The van der Waals surface area contributed by atoms with Gasteiger partial charge in [-0.3, -0.25) is 10.1 Å². The molecule has 8 heteroatoms. The minimum Gasteiger partial charge on any atom is -0.383 e. The van der Waals surface area contributed by atoms with Gasteiger partial charge in [0.2, 0.25) is 0 Å². The van der Waals surface area contributed by atoms with Crippen molar-refractivity contribution < 1.29 is 4.92 Å². The number of nitro benzene ring substituents is 1. The van der Waals surface area contributed by atoms with E-state index < -0.39 is 4.92 Å². The first-order valence-electron chi connectivity index (χ1n) is 8.11. The van der Waals surface area contributed by atoms with Crippen LogP contribution in [0.2, 0.25) is 0 Å². The largest absolute Gasteiger partial charge is 0.383 e. The molecule has 2 N–H and O–H groups in total. The molecule has 0 aliphatic heterocycles. The second kappa shape index (κ2) is 8.59. The van der Waals surface area contributed by atoms with Gasteiger partial charge in [-0.2, -0.15) is 10.4 Å². The first-order valence-corrected chi connectivity index (χ1v) is 8.11. The van der Waals surface area contributed by atoms with E-state index in [4.69, 9.17) is 0 Å². The van der Waals surface area contributed by atoms with Crippen LogP contribution < -0.4 is 10.6 Å². The predicted molar refractivity (Wildman–Crippen MR) is 95.6 cm³/mol. The van der Waals surface area contributed by atoms with E-state index in [1.807, 2.05) is 13.8 Å². The maximum absolute atomic E-state index is 10.6. The normalized spacial score (nSPS) is 10.1. The molecule has 2 aromatic rings. The monoisotopic (exact) mass is 340 g/mol. The van der Waals surface area contributed by atoms with Crippen LogP contribution in [0.25, 0.3) is 0 Å². The Morgan fingerprint density at radius 2 is 1.80 bits per heavy atom. The second-order valence-corrected chi connectivity index (χ2v) is 5.33. The van der Waals surface area contributed by atoms with E-state index in [2.05, 4.69) is 26.9 Å². The molecule has 0 saturated heterocycles. The zero-order valence-corrected chi connectivity index (χ0v) is 14.2. The van der Waals surface area contributed by atoms with Gasteiger partial charge in [0.25, 0.3) is 5.69 Å². The molecule has 8 nitrogen and oxygen atoms in total.